The van der Waals surface area contributed by atoms with Crippen molar-refractivity contribution in [1.82, 2.24) is 5.16 Å². The number of carbonyl (C=O) groups excluding carboxylic acids is 1. The van der Waals surface area contributed by atoms with Gasteiger partial charge in [-0.3, -0.25) is 9.52 Å². The average molecular weight is 456 g/mol. The normalized spacial score (nSPS) is 11.4. The summed E-state index contributed by atoms with van der Waals surface area (Å²) in [6.45, 7) is 1.68. The number of carbonyl (C=O) groups is 1. The molecule has 0 fully saturated rings. The maximum Gasteiger partial charge on any atom is 0.262 e. The molecule has 1 amide bonds. The molecule has 0 bridgehead atoms. The minimum atomic E-state index is -3.89. The summed E-state index contributed by atoms with van der Waals surface area (Å²) < 4.78 is 33.5. The number of nitrogens with zero attached hydrogens (tertiary/aromatic N) is 1. The van der Waals surface area contributed by atoms with Crippen LogP contribution in [0.1, 0.15) is 11.3 Å². The zero-order valence-electron chi connectivity index (χ0n) is 16.4. The van der Waals surface area contributed by atoms with Crippen molar-refractivity contribution in [2.75, 3.05) is 10.0 Å². The fourth-order valence-electron chi connectivity index (χ4n) is 3.15. The van der Waals surface area contributed by atoms with Gasteiger partial charge in [0.05, 0.1) is 17.0 Å². The highest BCUT2D eigenvalue weighted by Crippen LogP contribution is 2.25. The van der Waals surface area contributed by atoms with Crippen LogP contribution in [-0.2, 0) is 21.2 Å². The third kappa shape index (κ3) is 4.70. The molecule has 0 aliphatic rings. The second-order valence-corrected chi connectivity index (χ2v) is 9.03. The molecule has 1 heterocycles. The molecule has 3 aromatic carbocycles. The molecule has 0 aliphatic carbocycles. The summed E-state index contributed by atoms with van der Waals surface area (Å²) >= 11 is 5.93. The van der Waals surface area contributed by atoms with Crippen LogP contribution in [0.2, 0.25) is 5.02 Å². The third-order valence-corrected chi connectivity index (χ3v) is 6.38. The van der Waals surface area contributed by atoms with Gasteiger partial charge in [0.1, 0.15) is 5.69 Å². The molecule has 0 saturated carbocycles. The van der Waals surface area contributed by atoms with Crippen molar-refractivity contribution in [3.8, 4) is 0 Å². The Morgan fingerprint density at radius 3 is 2.65 bits per heavy atom. The summed E-state index contributed by atoms with van der Waals surface area (Å²) in [7, 11) is -3.89. The van der Waals surface area contributed by atoms with E-state index < -0.39 is 10.0 Å². The number of aromatic nitrogens is 1. The molecule has 158 valence electrons. The van der Waals surface area contributed by atoms with Gasteiger partial charge in [0.15, 0.2) is 5.58 Å². The number of halogens is 1. The van der Waals surface area contributed by atoms with E-state index in [9.17, 15) is 13.2 Å². The molecular weight excluding hydrogens is 438 g/mol. The summed E-state index contributed by atoms with van der Waals surface area (Å²) in [6.07, 6.45) is -0.00621. The molecule has 31 heavy (non-hydrogen) atoms. The molecule has 4 rings (SSSR count). The van der Waals surface area contributed by atoms with Gasteiger partial charge in [-0.1, -0.05) is 41.0 Å². The smallest absolute Gasteiger partial charge is 0.262 e. The number of sulfonamides is 1. The number of amides is 1. The Hall–Kier alpha value is -3.36. The van der Waals surface area contributed by atoms with Crippen LogP contribution >= 0.6 is 11.6 Å². The van der Waals surface area contributed by atoms with Crippen LogP contribution in [-0.4, -0.2) is 19.5 Å². The van der Waals surface area contributed by atoms with Crippen LogP contribution in [0, 0.1) is 6.92 Å². The molecule has 0 atom stereocenters. The highest BCUT2D eigenvalue weighted by Gasteiger charge is 2.19. The highest BCUT2D eigenvalue weighted by molar-refractivity contribution is 7.92. The first-order valence-electron chi connectivity index (χ1n) is 9.34. The van der Waals surface area contributed by atoms with Crippen molar-refractivity contribution in [2.24, 2.45) is 0 Å². The van der Waals surface area contributed by atoms with Crippen molar-refractivity contribution in [3.05, 3.63) is 83.0 Å². The number of benzene rings is 3. The summed E-state index contributed by atoms with van der Waals surface area (Å²) in [5.74, 6) is -0.339. The Labute approximate surface area is 184 Å². The second-order valence-electron chi connectivity index (χ2n) is 6.95. The molecule has 0 unspecified atom stereocenters. The maximum atomic E-state index is 12.9. The van der Waals surface area contributed by atoms with Gasteiger partial charge in [-0.05, 0) is 55.0 Å². The lowest BCUT2D eigenvalue weighted by molar-refractivity contribution is -0.115. The van der Waals surface area contributed by atoms with Crippen molar-refractivity contribution in [1.29, 1.82) is 0 Å². The first-order valence-corrected chi connectivity index (χ1v) is 11.2. The predicted octanol–water partition coefficient (Wildman–Crippen LogP) is 4.77. The van der Waals surface area contributed by atoms with Gasteiger partial charge in [0, 0.05) is 16.1 Å². The first kappa shape index (κ1) is 20.9. The Bertz CT molecular complexity index is 1380. The topological polar surface area (TPSA) is 101 Å². The second kappa shape index (κ2) is 8.41. The van der Waals surface area contributed by atoms with E-state index in [2.05, 4.69) is 15.2 Å². The Morgan fingerprint density at radius 1 is 1.03 bits per heavy atom. The van der Waals surface area contributed by atoms with E-state index in [-0.39, 0.29) is 17.2 Å². The summed E-state index contributed by atoms with van der Waals surface area (Å²) in [5.41, 5.74) is 2.35. The Balaban J connectivity index is 1.53. The molecule has 2 N–H and O–H groups in total. The van der Waals surface area contributed by atoms with Gasteiger partial charge in [-0.25, -0.2) is 8.42 Å². The highest BCUT2D eigenvalue weighted by atomic mass is 35.5. The van der Waals surface area contributed by atoms with E-state index in [1.165, 1.54) is 12.1 Å². The van der Waals surface area contributed by atoms with Crippen LogP contribution in [0.3, 0.4) is 0 Å². The fraction of sp³-hybridized carbons (Fsp3) is 0.0909. The zero-order chi connectivity index (χ0) is 22.0. The van der Waals surface area contributed by atoms with Crippen LogP contribution in [0.5, 0.6) is 0 Å². The predicted molar refractivity (Wildman–Crippen MR) is 120 cm³/mol. The van der Waals surface area contributed by atoms with Gasteiger partial charge in [-0.2, -0.15) is 0 Å². The zero-order valence-corrected chi connectivity index (χ0v) is 18.0. The van der Waals surface area contributed by atoms with Gasteiger partial charge < -0.3 is 9.84 Å². The van der Waals surface area contributed by atoms with Crippen LogP contribution in [0.15, 0.2) is 76.1 Å². The first-order chi connectivity index (χ1) is 14.8. The minimum absolute atomic E-state index is 0.00621. The molecular formula is C22H18ClN3O4S. The summed E-state index contributed by atoms with van der Waals surface area (Å²) in [4.78, 5) is 12.6. The molecule has 0 saturated heterocycles. The van der Waals surface area contributed by atoms with Crippen LogP contribution in [0.25, 0.3) is 11.0 Å². The van der Waals surface area contributed by atoms with Crippen molar-refractivity contribution in [3.63, 3.8) is 0 Å². The minimum Gasteiger partial charge on any atom is -0.356 e. The molecule has 1 aromatic heterocycles. The largest absolute Gasteiger partial charge is 0.356 e. The van der Waals surface area contributed by atoms with Crippen molar-refractivity contribution in [2.45, 2.75) is 18.2 Å². The van der Waals surface area contributed by atoms with Crippen molar-refractivity contribution < 1.29 is 17.7 Å². The molecule has 0 aliphatic heterocycles. The number of aryl methyl sites for hydroxylation is 1. The molecule has 4 aromatic rings. The SMILES string of the molecule is Cc1ccc(NC(=O)Cc2noc3ccccc23)cc1S(=O)(=O)Nc1cccc(Cl)c1. The van der Waals surface area contributed by atoms with Crippen molar-refractivity contribution >= 4 is 49.9 Å². The number of nitrogens with one attached hydrogen (secondary N) is 2. The lowest BCUT2D eigenvalue weighted by Crippen LogP contribution is -2.17. The number of rotatable bonds is 6. The van der Waals surface area contributed by atoms with E-state index in [0.717, 1.165) is 5.39 Å². The number of hydrogen-bond acceptors (Lipinski definition) is 5. The number of anilines is 2. The third-order valence-electron chi connectivity index (χ3n) is 4.62. The molecule has 7 nitrogen and oxygen atoms in total. The van der Waals surface area contributed by atoms with Gasteiger partial charge in [0.25, 0.3) is 10.0 Å². The maximum absolute atomic E-state index is 12.9. The Morgan fingerprint density at radius 2 is 1.84 bits per heavy atom. The summed E-state index contributed by atoms with van der Waals surface area (Å²) in [6, 6.07) is 18.4. The van der Waals surface area contributed by atoms with E-state index in [1.807, 2.05) is 18.2 Å². The van der Waals surface area contributed by atoms with E-state index >= 15 is 0 Å². The lowest BCUT2D eigenvalue weighted by Gasteiger charge is -2.13. The average Bonchev–Trinajstić information content (AvgIpc) is 3.12. The van der Waals surface area contributed by atoms with E-state index in [4.69, 9.17) is 16.1 Å². The van der Waals surface area contributed by atoms with Crippen LogP contribution < -0.4 is 10.0 Å². The standard InChI is InChI=1S/C22H18ClN3O4S/c1-14-9-10-16(12-21(14)31(28,29)26-17-6-4-5-15(23)11-17)24-22(27)13-19-18-7-2-3-8-20(18)30-25-19/h2-12,26H,13H2,1H3,(H,24,27). The number of para-hydroxylation sites is 1. The monoisotopic (exact) mass is 455 g/mol. The van der Waals surface area contributed by atoms with E-state index in [1.54, 1.807) is 43.3 Å². The number of fused-ring (bicyclic) bond motifs is 1. The van der Waals surface area contributed by atoms with Gasteiger partial charge in [-0.15, -0.1) is 0 Å². The Kier molecular flexibility index (Phi) is 5.67. The van der Waals surface area contributed by atoms with E-state index in [0.29, 0.717) is 33.2 Å². The molecule has 0 radical (unpaired) electrons. The lowest BCUT2D eigenvalue weighted by atomic mass is 10.1. The number of hydrogen-bond donors (Lipinski definition) is 2. The molecule has 9 heteroatoms. The van der Waals surface area contributed by atoms with Gasteiger partial charge >= 0.3 is 0 Å². The quantitative estimate of drug-likeness (QED) is 0.436. The summed E-state index contributed by atoms with van der Waals surface area (Å²) in [5, 5.41) is 7.85. The van der Waals surface area contributed by atoms with Gasteiger partial charge in [0.2, 0.25) is 5.91 Å². The fourth-order valence-corrected chi connectivity index (χ4v) is 4.66. The van der Waals surface area contributed by atoms with Crippen LogP contribution in [0.4, 0.5) is 11.4 Å². The molecule has 0 spiro atoms.